The zero-order valence-electron chi connectivity index (χ0n) is 12.5. The van der Waals surface area contributed by atoms with Crippen LogP contribution in [0.2, 0.25) is 0 Å². The molecule has 0 radical (unpaired) electrons. The van der Waals surface area contributed by atoms with Crippen LogP contribution in [0.1, 0.15) is 31.1 Å². The van der Waals surface area contributed by atoms with Crippen LogP contribution in [0.4, 0.5) is 0 Å². The molecule has 0 unspecified atom stereocenters. The monoisotopic (exact) mass is 285 g/mol. The molecule has 0 spiro atoms. The van der Waals surface area contributed by atoms with E-state index in [2.05, 4.69) is 5.32 Å². The highest BCUT2D eigenvalue weighted by atomic mass is 16.5. The lowest BCUT2D eigenvalue weighted by Gasteiger charge is -2.20. The fraction of sp³-hybridized carbons (Fsp3) is 0.294. The fourth-order valence-corrected chi connectivity index (χ4v) is 2.12. The molecule has 110 valence electrons. The molecule has 0 bridgehead atoms. The van der Waals surface area contributed by atoms with Crippen LogP contribution in [0.15, 0.2) is 36.4 Å². The van der Waals surface area contributed by atoms with Gasteiger partial charge >= 0.3 is 0 Å². The largest absolute Gasteiger partial charge is 0.483 e. The molecule has 1 N–H and O–H groups in total. The first kappa shape index (κ1) is 15.0. The Hall–Kier alpha value is -2.36. The highest BCUT2D eigenvalue weighted by Crippen LogP contribution is 2.26. The van der Waals surface area contributed by atoms with Crippen molar-refractivity contribution < 1.29 is 14.3 Å². The van der Waals surface area contributed by atoms with Gasteiger partial charge in [-0.3, -0.25) is 9.59 Å². The van der Waals surface area contributed by atoms with E-state index in [4.69, 9.17) is 4.74 Å². The summed E-state index contributed by atoms with van der Waals surface area (Å²) in [6.45, 7) is 5.59. The first-order valence-electron chi connectivity index (χ1n) is 6.81. The molecule has 0 aliphatic carbocycles. The number of ether oxygens (including phenoxy) is 1. The molecule has 4 heteroatoms. The molecule has 0 fully saturated rings. The summed E-state index contributed by atoms with van der Waals surface area (Å²) in [5.74, 6) is 0.209. The smallest absolute Gasteiger partial charge is 0.258 e. The molecule has 4 nitrogen and oxygen atoms in total. The minimum Gasteiger partial charge on any atom is -0.483 e. The number of hydrogen-bond acceptors (Lipinski definition) is 3. The molecule has 0 aliphatic heterocycles. The van der Waals surface area contributed by atoms with Gasteiger partial charge in [-0.05, 0) is 37.6 Å². The van der Waals surface area contributed by atoms with Crippen LogP contribution in [0.5, 0.6) is 5.75 Å². The molecule has 2 rings (SSSR count). The lowest BCUT2D eigenvalue weighted by molar-refractivity contribution is -0.124. The second-order valence-corrected chi connectivity index (χ2v) is 5.90. The van der Waals surface area contributed by atoms with E-state index < -0.39 is 0 Å². The van der Waals surface area contributed by atoms with Gasteiger partial charge in [0.25, 0.3) is 5.91 Å². The number of hydrogen-bond donors (Lipinski definition) is 1. The number of rotatable bonds is 4. The summed E-state index contributed by atoms with van der Waals surface area (Å²) in [7, 11) is 0. The molecular weight excluding hydrogens is 266 g/mol. The van der Waals surface area contributed by atoms with E-state index in [0.29, 0.717) is 11.3 Å². The maximum absolute atomic E-state index is 11.8. The van der Waals surface area contributed by atoms with Gasteiger partial charge in [0.05, 0.1) is 5.56 Å². The number of amides is 1. The lowest BCUT2D eigenvalue weighted by atomic mass is 10.0. The summed E-state index contributed by atoms with van der Waals surface area (Å²) in [5.41, 5.74) is 0.161. The minimum atomic E-state index is -0.308. The SMILES string of the molecule is CC(C)(C)NC(=O)COc1ccc2ccccc2c1C=O. The quantitative estimate of drug-likeness (QED) is 0.879. The molecule has 21 heavy (non-hydrogen) atoms. The molecule has 0 atom stereocenters. The molecule has 2 aromatic carbocycles. The Morgan fingerprint density at radius 2 is 1.90 bits per heavy atom. The number of carbonyl (C=O) groups excluding carboxylic acids is 2. The average Bonchev–Trinajstić information content (AvgIpc) is 2.42. The first-order chi connectivity index (χ1) is 9.90. The van der Waals surface area contributed by atoms with Crippen LogP contribution in [-0.4, -0.2) is 24.3 Å². The van der Waals surface area contributed by atoms with Crippen LogP contribution in [0, 0.1) is 0 Å². The number of carbonyl (C=O) groups is 2. The third-order valence-corrected chi connectivity index (χ3v) is 2.92. The standard InChI is InChI=1S/C17H19NO3/c1-17(2,3)18-16(20)11-21-15-9-8-12-6-4-5-7-13(12)14(15)10-19/h4-10H,11H2,1-3H3,(H,18,20). The number of fused-ring (bicyclic) bond motifs is 1. The molecule has 1 amide bonds. The summed E-state index contributed by atoms with van der Waals surface area (Å²) in [6, 6.07) is 11.2. The second kappa shape index (κ2) is 5.95. The van der Waals surface area contributed by atoms with Gasteiger partial charge in [-0.1, -0.05) is 30.3 Å². The summed E-state index contributed by atoms with van der Waals surface area (Å²) in [5, 5.41) is 4.60. The number of benzene rings is 2. The van der Waals surface area contributed by atoms with E-state index in [1.807, 2.05) is 51.1 Å². The van der Waals surface area contributed by atoms with Gasteiger partial charge in [-0.25, -0.2) is 0 Å². The van der Waals surface area contributed by atoms with E-state index in [0.717, 1.165) is 17.1 Å². The predicted molar refractivity (Wildman–Crippen MR) is 82.7 cm³/mol. The Balaban J connectivity index is 2.19. The van der Waals surface area contributed by atoms with E-state index >= 15 is 0 Å². The maximum Gasteiger partial charge on any atom is 0.258 e. The van der Waals surface area contributed by atoms with Crippen LogP contribution in [0.3, 0.4) is 0 Å². The highest BCUT2D eigenvalue weighted by molar-refractivity contribution is 6.00. The van der Waals surface area contributed by atoms with Crippen molar-refractivity contribution in [3.63, 3.8) is 0 Å². The fourth-order valence-electron chi connectivity index (χ4n) is 2.12. The Morgan fingerprint density at radius 1 is 1.19 bits per heavy atom. The summed E-state index contributed by atoms with van der Waals surface area (Å²) in [6.07, 6.45) is 0.763. The van der Waals surface area contributed by atoms with Crippen molar-refractivity contribution >= 4 is 23.0 Å². The number of aldehydes is 1. The van der Waals surface area contributed by atoms with Gasteiger partial charge in [0.15, 0.2) is 12.9 Å². The lowest BCUT2D eigenvalue weighted by Crippen LogP contribution is -2.43. The summed E-state index contributed by atoms with van der Waals surface area (Å²) >= 11 is 0. The van der Waals surface area contributed by atoms with Crippen LogP contribution in [0.25, 0.3) is 10.8 Å². The van der Waals surface area contributed by atoms with Crippen LogP contribution in [-0.2, 0) is 4.79 Å². The van der Waals surface area contributed by atoms with E-state index in [1.54, 1.807) is 6.07 Å². The minimum absolute atomic E-state index is 0.115. The van der Waals surface area contributed by atoms with E-state index in [-0.39, 0.29) is 18.1 Å². The number of nitrogens with one attached hydrogen (secondary N) is 1. The predicted octanol–water partition coefficient (Wildman–Crippen LogP) is 2.95. The van der Waals surface area contributed by atoms with Crippen LogP contribution >= 0.6 is 0 Å². The van der Waals surface area contributed by atoms with Gasteiger partial charge in [-0.2, -0.15) is 0 Å². The van der Waals surface area contributed by atoms with Crippen molar-refractivity contribution in [2.75, 3.05) is 6.61 Å². The third kappa shape index (κ3) is 3.81. The van der Waals surface area contributed by atoms with Crippen molar-refractivity contribution in [2.24, 2.45) is 0 Å². The normalized spacial score (nSPS) is 11.2. The van der Waals surface area contributed by atoms with Gasteiger partial charge < -0.3 is 10.1 Å². The molecular formula is C17H19NO3. The van der Waals surface area contributed by atoms with Crippen molar-refractivity contribution in [3.05, 3.63) is 42.0 Å². The molecule has 2 aromatic rings. The first-order valence-corrected chi connectivity index (χ1v) is 6.81. The highest BCUT2D eigenvalue weighted by Gasteiger charge is 2.15. The van der Waals surface area contributed by atoms with Crippen molar-refractivity contribution in [1.82, 2.24) is 5.32 Å². The van der Waals surface area contributed by atoms with Gasteiger partial charge in [0, 0.05) is 5.54 Å². The molecule has 0 aliphatic rings. The molecule has 0 heterocycles. The summed E-state index contributed by atoms with van der Waals surface area (Å²) in [4.78, 5) is 23.1. The molecule has 0 saturated carbocycles. The maximum atomic E-state index is 11.8. The summed E-state index contributed by atoms with van der Waals surface area (Å²) < 4.78 is 5.50. The Morgan fingerprint density at radius 3 is 2.57 bits per heavy atom. The Kier molecular flexibility index (Phi) is 4.26. The average molecular weight is 285 g/mol. The Labute approximate surface area is 124 Å². The Bertz CT molecular complexity index is 671. The topological polar surface area (TPSA) is 55.4 Å². The zero-order valence-corrected chi connectivity index (χ0v) is 12.5. The van der Waals surface area contributed by atoms with Crippen molar-refractivity contribution in [2.45, 2.75) is 26.3 Å². The van der Waals surface area contributed by atoms with Gasteiger partial charge in [0.1, 0.15) is 5.75 Å². The molecule has 0 aromatic heterocycles. The van der Waals surface area contributed by atoms with Crippen LogP contribution < -0.4 is 10.1 Å². The van der Waals surface area contributed by atoms with Gasteiger partial charge in [0.2, 0.25) is 0 Å². The second-order valence-electron chi connectivity index (χ2n) is 5.90. The van der Waals surface area contributed by atoms with Gasteiger partial charge in [-0.15, -0.1) is 0 Å². The molecule has 0 saturated heterocycles. The van der Waals surface area contributed by atoms with E-state index in [1.165, 1.54) is 0 Å². The van der Waals surface area contributed by atoms with E-state index in [9.17, 15) is 9.59 Å². The van der Waals surface area contributed by atoms with Crippen molar-refractivity contribution in [1.29, 1.82) is 0 Å². The van der Waals surface area contributed by atoms with Crippen molar-refractivity contribution in [3.8, 4) is 5.75 Å². The third-order valence-electron chi connectivity index (χ3n) is 2.92. The zero-order chi connectivity index (χ0) is 15.5.